The summed E-state index contributed by atoms with van der Waals surface area (Å²) in [6, 6.07) is 10.9. The van der Waals surface area contributed by atoms with E-state index in [2.05, 4.69) is 39.5 Å². The molecule has 0 spiro atoms. The van der Waals surface area contributed by atoms with Gasteiger partial charge in [-0.05, 0) is 24.3 Å². The number of pyridine rings is 1. The van der Waals surface area contributed by atoms with E-state index in [-0.39, 0.29) is 6.61 Å². The number of nitrogens with zero attached hydrogens (tertiary/aromatic N) is 2. The number of fused-ring (bicyclic) bond motifs is 1. The Morgan fingerprint density at radius 2 is 2.00 bits per heavy atom. The van der Waals surface area contributed by atoms with E-state index in [1.165, 1.54) is 10.8 Å². The number of benzene rings is 1. The zero-order valence-corrected chi connectivity index (χ0v) is 11.6. The first kappa shape index (κ1) is 13.3. The van der Waals surface area contributed by atoms with Gasteiger partial charge in [0.1, 0.15) is 5.82 Å². The number of piperidine rings is 1. The molecule has 4 nitrogen and oxygen atoms in total. The number of hydrogen-bond donors (Lipinski definition) is 2. The first-order valence-electron chi connectivity index (χ1n) is 7.30. The maximum Gasteiger partial charge on any atom is 0.134 e. The lowest BCUT2D eigenvalue weighted by atomic mass is 10.0. The molecule has 0 radical (unpaired) electrons. The summed E-state index contributed by atoms with van der Waals surface area (Å²) in [4.78, 5) is 6.81. The number of nitrogens with one attached hydrogen (secondary N) is 1. The Labute approximate surface area is 119 Å². The molecule has 2 aromatic rings. The molecule has 3 rings (SSSR count). The summed E-state index contributed by atoms with van der Waals surface area (Å²) in [6.07, 6.45) is 4.07. The zero-order valence-electron chi connectivity index (χ0n) is 11.6. The van der Waals surface area contributed by atoms with E-state index in [9.17, 15) is 0 Å². The van der Waals surface area contributed by atoms with Crippen LogP contribution in [0.3, 0.4) is 0 Å². The van der Waals surface area contributed by atoms with Gasteiger partial charge in [0.2, 0.25) is 0 Å². The van der Waals surface area contributed by atoms with Gasteiger partial charge in [-0.1, -0.05) is 24.3 Å². The average Bonchev–Trinajstić information content (AvgIpc) is 2.50. The Hall–Kier alpha value is -1.65. The first-order chi connectivity index (χ1) is 9.86. The van der Waals surface area contributed by atoms with Gasteiger partial charge in [-0.3, -0.25) is 0 Å². The van der Waals surface area contributed by atoms with E-state index < -0.39 is 0 Å². The third-order valence-corrected chi connectivity index (χ3v) is 4.02. The van der Waals surface area contributed by atoms with Crippen LogP contribution in [0.5, 0.6) is 0 Å². The highest BCUT2D eigenvalue weighted by molar-refractivity contribution is 5.91. The number of anilines is 1. The molecular formula is C16H21N3O. The normalized spacial score (nSPS) is 17.4. The van der Waals surface area contributed by atoms with Crippen molar-refractivity contribution in [3.8, 4) is 0 Å². The van der Waals surface area contributed by atoms with Crippen molar-refractivity contribution in [2.45, 2.75) is 18.9 Å². The maximum atomic E-state index is 8.97. The van der Waals surface area contributed by atoms with Crippen LogP contribution in [0.15, 0.2) is 36.5 Å². The SMILES string of the molecule is OCCN1CCC(Nc2nccc3ccccc23)CC1. The predicted octanol–water partition coefficient (Wildman–Crippen LogP) is 2.10. The van der Waals surface area contributed by atoms with E-state index in [1.807, 2.05) is 12.3 Å². The monoisotopic (exact) mass is 271 g/mol. The Balaban J connectivity index is 1.68. The minimum absolute atomic E-state index is 0.253. The number of likely N-dealkylation sites (tertiary alicyclic amines) is 1. The Bertz CT molecular complexity index is 559. The van der Waals surface area contributed by atoms with E-state index in [4.69, 9.17) is 5.11 Å². The van der Waals surface area contributed by atoms with E-state index in [0.717, 1.165) is 38.3 Å². The summed E-state index contributed by atoms with van der Waals surface area (Å²) < 4.78 is 0. The molecule has 0 aliphatic carbocycles. The molecule has 1 aromatic heterocycles. The van der Waals surface area contributed by atoms with Gasteiger partial charge in [-0.2, -0.15) is 0 Å². The van der Waals surface area contributed by atoms with Crippen LogP contribution in [0.2, 0.25) is 0 Å². The lowest BCUT2D eigenvalue weighted by molar-refractivity contribution is 0.168. The molecule has 1 aliphatic rings. The molecule has 1 aromatic carbocycles. The minimum atomic E-state index is 0.253. The van der Waals surface area contributed by atoms with E-state index in [1.54, 1.807) is 0 Å². The molecule has 1 aliphatic heterocycles. The predicted molar refractivity (Wildman–Crippen MR) is 81.9 cm³/mol. The molecule has 0 bridgehead atoms. The van der Waals surface area contributed by atoms with Crippen LogP contribution in [0.4, 0.5) is 5.82 Å². The molecule has 0 unspecified atom stereocenters. The molecule has 20 heavy (non-hydrogen) atoms. The Morgan fingerprint density at radius 3 is 2.80 bits per heavy atom. The zero-order chi connectivity index (χ0) is 13.8. The molecule has 2 heterocycles. The molecule has 1 saturated heterocycles. The second-order valence-corrected chi connectivity index (χ2v) is 5.36. The van der Waals surface area contributed by atoms with Crippen molar-refractivity contribution in [3.63, 3.8) is 0 Å². The number of hydrogen-bond acceptors (Lipinski definition) is 4. The van der Waals surface area contributed by atoms with Crippen LogP contribution in [-0.4, -0.2) is 47.3 Å². The third-order valence-electron chi connectivity index (χ3n) is 4.02. The van der Waals surface area contributed by atoms with E-state index in [0.29, 0.717) is 6.04 Å². The summed E-state index contributed by atoms with van der Waals surface area (Å²) >= 11 is 0. The summed E-state index contributed by atoms with van der Waals surface area (Å²) in [5, 5.41) is 15.0. The molecule has 2 N–H and O–H groups in total. The van der Waals surface area contributed by atoms with Crippen molar-refractivity contribution < 1.29 is 5.11 Å². The number of β-amino-alcohol motifs (C(OH)–C–C–N with tert-alkyl or cyclic N) is 1. The lowest BCUT2D eigenvalue weighted by Gasteiger charge is -2.32. The highest BCUT2D eigenvalue weighted by Crippen LogP contribution is 2.23. The van der Waals surface area contributed by atoms with Crippen LogP contribution in [-0.2, 0) is 0 Å². The average molecular weight is 271 g/mol. The van der Waals surface area contributed by atoms with Crippen LogP contribution in [0.25, 0.3) is 10.8 Å². The molecule has 1 fully saturated rings. The van der Waals surface area contributed by atoms with Crippen molar-refractivity contribution in [1.82, 2.24) is 9.88 Å². The summed E-state index contributed by atoms with van der Waals surface area (Å²) in [5.74, 6) is 0.990. The largest absolute Gasteiger partial charge is 0.395 e. The molecule has 0 saturated carbocycles. The van der Waals surface area contributed by atoms with Gasteiger partial charge in [0.15, 0.2) is 0 Å². The second kappa shape index (κ2) is 6.20. The van der Waals surface area contributed by atoms with Crippen molar-refractivity contribution in [1.29, 1.82) is 0 Å². The van der Waals surface area contributed by atoms with Crippen molar-refractivity contribution >= 4 is 16.6 Å². The maximum absolute atomic E-state index is 8.97. The number of rotatable bonds is 4. The quantitative estimate of drug-likeness (QED) is 0.894. The lowest BCUT2D eigenvalue weighted by Crippen LogP contribution is -2.40. The summed E-state index contributed by atoms with van der Waals surface area (Å²) in [5.41, 5.74) is 0. The van der Waals surface area contributed by atoms with Crippen LogP contribution in [0, 0.1) is 0 Å². The third kappa shape index (κ3) is 2.92. The van der Waals surface area contributed by atoms with Crippen molar-refractivity contribution in [3.05, 3.63) is 36.5 Å². The Kier molecular flexibility index (Phi) is 4.14. The first-order valence-corrected chi connectivity index (χ1v) is 7.30. The summed E-state index contributed by atoms with van der Waals surface area (Å²) in [6.45, 7) is 3.13. The van der Waals surface area contributed by atoms with Gasteiger partial charge in [-0.25, -0.2) is 4.98 Å². The Morgan fingerprint density at radius 1 is 1.20 bits per heavy atom. The second-order valence-electron chi connectivity index (χ2n) is 5.36. The summed E-state index contributed by atoms with van der Waals surface area (Å²) in [7, 11) is 0. The van der Waals surface area contributed by atoms with Gasteiger partial charge in [0.25, 0.3) is 0 Å². The van der Waals surface area contributed by atoms with Gasteiger partial charge in [0, 0.05) is 37.3 Å². The van der Waals surface area contributed by atoms with Crippen LogP contribution >= 0.6 is 0 Å². The van der Waals surface area contributed by atoms with Gasteiger partial charge in [-0.15, -0.1) is 0 Å². The molecule has 0 amide bonds. The van der Waals surface area contributed by atoms with E-state index >= 15 is 0 Å². The van der Waals surface area contributed by atoms with Gasteiger partial charge in [0.05, 0.1) is 6.61 Å². The van der Waals surface area contributed by atoms with Gasteiger partial charge < -0.3 is 15.3 Å². The van der Waals surface area contributed by atoms with Crippen molar-refractivity contribution in [2.24, 2.45) is 0 Å². The minimum Gasteiger partial charge on any atom is -0.395 e. The topological polar surface area (TPSA) is 48.4 Å². The highest BCUT2D eigenvalue weighted by atomic mass is 16.3. The van der Waals surface area contributed by atoms with Gasteiger partial charge >= 0.3 is 0 Å². The van der Waals surface area contributed by atoms with Crippen LogP contribution in [0.1, 0.15) is 12.8 Å². The molecule has 0 atom stereocenters. The molecular weight excluding hydrogens is 250 g/mol. The number of aliphatic hydroxyl groups is 1. The van der Waals surface area contributed by atoms with Crippen molar-refractivity contribution in [2.75, 3.05) is 31.6 Å². The number of aromatic nitrogens is 1. The van der Waals surface area contributed by atoms with Crippen LogP contribution < -0.4 is 5.32 Å². The smallest absolute Gasteiger partial charge is 0.134 e. The standard InChI is InChI=1S/C16H21N3O/c20-12-11-19-9-6-14(7-10-19)18-16-15-4-2-1-3-13(15)5-8-17-16/h1-5,8,14,20H,6-7,9-12H2,(H,17,18). The fraction of sp³-hybridized carbons (Fsp3) is 0.438. The fourth-order valence-corrected chi connectivity index (χ4v) is 2.87. The molecule has 106 valence electrons. The number of aliphatic hydroxyl groups excluding tert-OH is 1. The fourth-order valence-electron chi connectivity index (χ4n) is 2.87. The molecule has 4 heteroatoms. The highest BCUT2D eigenvalue weighted by Gasteiger charge is 2.19.